The van der Waals surface area contributed by atoms with Crippen molar-refractivity contribution in [3.63, 3.8) is 0 Å². The molecule has 2 N–H and O–H groups in total. The summed E-state index contributed by atoms with van der Waals surface area (Å²) in [4.78, 5) is 8.49. The molecule has 0 spiro atoms. The van der Waals surface area contributed by atoms with Crippen LogP contribution < -0.4 is 10.2 Å². The first-order chi connectivity index (χ1) is 14.3. The van der Waals surface area contributed by atoms with E-state index < -0.39 is 17.4 Å². The first-order valence-corrected chi connectivity index (χ1v) is 10.4. The minimum absolute atomic E-state index is 0.0356. The van der Waals surface area contributed by atoms with Crippen molar-refractivity contribution in [1.82, 2.24) is 15.3 Å². The fraction of sp³-hybridized carbons (Fsp3) is 0.545. The lowest BCUT2D eigenvalue weighted by atomic mass is 9.93. The van der Waals surface area contributed by atoms with Gasteiger partial charge in [-0.15, -0.1) is 0 Å². The van der Waals surface area contributed by atoms with E-state index in [4.69, 9.17) is 18.0 Å². The fourth-order valence-electron chi connectivity index (χ4n) is 3.69. The number of nitriles is 1. The van der Waals surface area contributed by atoms with Gasteiger partial charge >= 0.3 is 6.18 Å². The number of alkyl halides is 3. The zero-order valence-corrected chi connectivity index (χ0v) is 18.7. The van der Waals surface area contributed by atoms with Crippen LogP contribution in [0.3, 0.4) is 0 Å². The highest BCUT2D eigenvalue weighted by Gasteiger charge is 2.41. The van der Waals surface area contributed by atoms with Gasteiger partial charge in [0.15, 0.2) is 5.69 Å². The Kier molecular flexibility index (Phi) is 5.84. The van der Waals surface area contributed by atoms with Crippen LogP contribution in [-0.2, 0) is 6.18 Å². The van der Waals surface area contributed by atoms with Gasteiger partial charge in [0, 0.05) is 30.4 Å². The Morgan fingerprint density at radius 3 is 2.32 bits per heavy atom. The highest BCUT2D eigenvalue weighted by atomic mass is 35.5. The summed E-state index contributed by atoms with van der Waals surface area (Å²) in [5.74, 6) is 0. The van der Waals surface area contributed by atoms with E-state index in [1.165, 1.54) is 12.8 Å². The van der Waals surface area contributed by atoms with E-state index in [0.29, 0.717) is 29.8 Å². The third kappa shape index (κ3) is 4.70. The van der Waals surface area contributed by atoms with Gasteiger partial charge in [0.1, 0.15) is 17.1 Å². The first kappa shape index (κ1) is 23.1. The van der Waals surface area contributed by atoms with E-state index in [9.17, 15) is 18.4 Å². The van der Waals surface area contributed by atoms with Crippen LogP contribution >= 0.6 is 11.6 Å². The van der Waals surface area contributed by atoms with Crippen molar-refractivity contribution >= 4 is 28.3 Å². The molecule has 9 heteroatoms. The maximum atomic E-state index is 13.4. The fourth-order valence-corrected chi connectivity index (χ4v) is 3.87. The molecular formula is C22H25ClF3N5. The van der Waals surface area contributed by atoms with Crippen LogP contribution in [0, 0.1) is 36.1 Å². The Balaban J connectivity index is 0.000000330. The number of hydrogen-bond acceptors (Lipinski definition) is 4. The predicted octanol–water partition coefficient (Wildman–Crippen LogP) is 5.37. The predicted molar refractivity (Wildman–Crippen MR) is 116 cm³/mol. The summed E-state index contributed by atoms with van der Waals surface area (Å²) in [5.41, 5.74) is -0.137. The van der Waals surface area contributed by atoms with E-state index in [2.05, 4.69) is 42.1 Å². The Morgan fingerprint density at radius 1 is 1.26 bits per heavy atom. The molecular weight excluding hydrogens is 427 g/mol. The average Bonchev–Trinajstić information content (AvgIpc) is 3.18. The maximum absolute atomic E-state index is 13.4. The van der Waals surface area contributed by atoms with Crippen molar-refractivity contribution in [2.75, 3.05) is 18.0 Å². The van der Waals surface area contributed by atoms with Crippen LogP contribution in [0.4, 0.5) is 18.9 Å². The second kappa shape index (κ2) is 7.84. The number of H-pyrrole nitrogens is 1. The molecule has 2 aromatic heterocycles. The van der Waals surface area contributed by atoms with Gasteiger partial charge in [-0.2, -0.15) is 18.4 Å². The summed E-state index contributed by atoms with van der Waals surface area (Å²) in [6.45, 7) is 9.04. The lowest BCUT2D eigenvalue weighted by Crippen LogP contribution is -2.25. The molecule has 3 heterocycles. The number of nitrogens with zero attached hydrogens (tertiary/aromatic N) is 3. The largest absolute Gasteiger partial charge is 0.434 e. The molecule has 1 saturated heterocycles. The number of halogens is 4. The summed E-state index contributed by atoms with van der Waals surface area (Å²) >= 11 is 6.13. The first-order valence-electron chi connectivity index (χ1n) is 9.99. The molecule has 2 aliphatic rings. The molecule has 5 nitrogen and oxygen atoms in total. The van der Waals surface area contributed by atoms with Gasteiger partial charge in [0.25, 0.3) is 0 Å². The van der Waals surface area contributed by atoms with Gasteiger partial charge in [-0.1, -0.05) is 31.9 Å². The van der Waals surface area contributed by atoms with Crippen molar-refractivity contribution < 1.29 is 13.2 Å². The normalized spacial score (nSPS) is 18.7. The van der Waals surface area contributed by atoms with Crippen molar-refractivity contribution in [1.29, 1.82) is 5.26 Å². The van der Waals surface area contributed by atoms with Crippen LogP contribution in [0.5, 0.6) is 0 Å². The SMILES string of the molecule is C#CNC1(C)CC1.Cc1[nH]c2c(N3CCC(C)(C)C3)c(C#N)c(C(F)(F)F)nc2c1Cl. The molecule has 2 fully saturated rings. The number of pyridine rings is 1. The summed E-state index contributed by atoms with van der Waals surface area (Å²) in [6.07, 6.45) is 3.57. The number of aromatic amines is 1. The van der Waals surface area contributed by atoms with E-state index in [1.807, 2.05) is 4.90 Å². The van der Waals surface area contributed by atoms with Gasteiger partial charge < -0.3 is 15.2 Å². The van der Waals surface area contributed by atoms with E-state index in [1.54, 1.807) is 13.0 Å². The van der Waals surface area contributed by atoms with Crippen molar-refractivity contribution in [2.24, 2.45) is 5.41 Å². The summed E-state index contributed by atoms with van der Waals surface area (Å²) in [6, 6.07) is 4.13. The van der Waals surface area contributed by atoms with Gasteiger partial charge in [-0.25, -0.2) is 4.98 Å². The Labute approximate surface area is 185 Å². The topological polar surface area (TPSA) is 67.7 Å². The minimum Gasteiger partial charge on any atom is -0.368 e. The second-order valence-corrected chi connectivity index (χ2v) is 9.62. The summed E-state index contributed by atoms with van der Waals surface area (Å²) < 4.78 is 40.3. The monoisotopic (exact) mass is 451 g/mol. The highest BCUT2D eigenvalue weighted by Crippen LogP contribution is 2.43. The van der Waals surface area contributed by atoms with Crippen molar-refractivity contribution in [3.8, 4) is 18.5 Å². The van der Waals surface area contributed by atoms with Crippen LogP contribution in [0.15, 0.2) is 0 Å². The number of terminal acetylenes is 1. The van der Waals surface area contributed by atoms with E-state index >= 15 is 0 Å². The van der Waals surface area contributed by atoms with Crippen molar-refractivity contribution in [3.05, 3.63) is 22.0 Å². The Morgan fingerprint density at radius 2 is 1.90 bits per heavy atom. The third-order valence-electron chi connectivity index (χ3n) is 5.77. The number of aromatic nitrogens is 2. The molecule has 1 saturated carbocycles. The average molecular weight is 452 g/mol. The van der Waals surface area contributed by atoms with Crippen LogP contribution in [0.1, 0.15) is 57.0 Å². The highest BCUT2D eigenvalue weighted by molar-refractivity contribution is 6.36. The molecule has 0 bridgehead atoms. The number of fused-ring (bicyclic) bond motifs is 1. The standard InChI is InChI=1S/C16H16ClF3N4.C6H9N/c1-8-10(17)11-12(22-8)13(24-5-4-15(2,3)7-24)9(6-21)14(23-11)16(18,19)20;1-3-7-6(2)4-5-6/h22H,4-5,7H2,1-3H3;1,7H,4-5H2,2H3. The second-order valence-electron chi connectivity index (χ2n) is 9.25. The zero-order chi connectivity index (χ0) is 23.2. The molecule has 1 aliphatic heterocycles. The van der Waals surface area contributed by atoms with Crippen LogP contribution in [-0.4, -0.2) is 28.6 Å². The molecule has 0 radical (unpaired) electrons. The van der Waals surface area contributed by atoms with Gasteiger partial charge in [-0.05, 0) is 38.5 Å². The minimum atomic E-state index is -4.72. The quantitative estimate of drug-likeness (QED) is 0.475. The van der Waals surface area contributed by atoms with E-state index in [-0.39, 0.29) is 21.6 Å². The molecule has 0 aromatic carbocycles. The number of rotatable bonds is 2. The molecule has 4 rings (SSSR count). The molecule has 1 aliphatic carbocycles. The van der Waals surface area contributed by atoms with Gasteiger partial charge in [0.05, 0.1) is 16.2 Å². The Hall–Kier alpha value is -2.58. The molecule has 0 amide bonds. The molecule has 0 unspecified atom stereocenters. The lowest BCUT2D eigenvalue weighted by Gasteiger charge is -2.24. The van der Waals surface area contributed by atoms with Crippen molar-refractivity contribution in [2.45, 2.75) is 58.7 Å². The van der Waals surface area contributed by atoms with Crippen LogP contribution in [0.2, 0.25) is 5.02 Å². The molecule has 31 heavy (non-hydrogen) atoms. The summed E-state index contributed by atoms with van der Waals surface area (Å²) in [5, 5.41) is 12.5. The third-order valence-corrected chi connectivity index (χ3v) is 6.23. The molecule has 0 atom stereocenters. The lowest BCUT2D eigenvalue weighted by molar-refractivity contribution is -0.141. The van der Waals surface area contributed by atoms with Crippen LogP contribution in [0.25, 0.3) is 11.0 Å². The number of aryl methyl sites for hydroxylation is 1. The number of anilines is 1. The zero-order valence-electron chi connectivity index (χ0n) is 18.0. The molecule has 2 aromatic rings. The number of hydrogen-bond donors (Lipinski definition) is 2. The van der Waals surface area contributed by atoms with E-state index in [0.717, 1.165) is 6.42 Å². The smallest absolute Gasteiger partial charge is 0.368 e. The maximum Gasteiger partial charge on any atom is 0.434 e. The van der Waals surface area contributed by atoms with Gasteiger partial charge in [0.2, 0.25) is 0 Å². The van der Waals surface area contributed by atoms with Gasteiger partial charge in [-0.3, -0.25) is 0 Å². The molecule has 166 valence electrons. The Bertz CT molecular complexity index is 1080. The summed E-state index contributed by atoms with van der Waals surface area (Å²) in [7, 11) is 0. The number of nitrogens with one attached hydrogen (secondary N) is 2.